The Bertz CT molecular complexity index is 654. The molecule has 6 heteroatoms. The molecule has 0 aliphatic heterocycles. The van der Waals surface area contributed by atoms with Crippen molar-refractivity contribution in [3.05, 3.63) is 53.8 Å². The SMILES string of the molecule is CCCO[SiH](OCCC)c1ccc(-c2cc(F)c(F)cc2F)cc1. The first-order chi connectivity index (χ1) is 11.6. The summed E-state index contributed by atoms with van der Waals surface area (Å²) in [6.45, 7) is 5.31. The van der Waals surface area contributed by atoms with Crippen molar-refractivity contribution < 1.29 is 22.0 Å². The fourth-order valence-electron chi connectivity index (χ4n) is 2.25. The molecule has 0 aliphatic carbocycles. The van der Waals surface area contributed by atoms with Gasteiger partial charge in [-0.3, -0.25) is 0 Å². The van der Waals surface area contributed by atoms with Gasteiger partial charge in [-0.15, -0.1) is 0 Å². The van der Waals surface area contributed by atoms with Crippen molar-refractivity contribution >= 4 is 14.5 Å². The van der Waals surface area contributed by atoms with Crippen LogP contribution in [-0.2, 0) is 8.85 Å². The standard InChI is InChI=1S/C18H21F3O2Si/c1-3-9-22-24(23-10-4-2)14-7-5-13(6-8-14)15-11-17(20)18(21)12-16(15)19/h5-8,11-12,24H,3-4,9-10H2,1-2H3. The summed E-state index contributed by atoms with van der Waals surface area (Å²) in [5.41, 5.74) is 0.511. The van der Waals surface area contributed by atoms with Crippen LogP contribution in [0.5, 0.6) is 0 Å². The Balaban J connectivity index is 2.23. The van der Waals surface area contributed by atoms with Crippen LogP contribution in [0, 0.1) is 17.5 Å². The van der Waals surface area contributed by atoms with Gasteiger partial charge in [0.1, 0.15) is 5.82 Å². The molecule has 0 heterocycles. The van der Waals surface area contributed by atoms with Gasteiger partial charge in [-0.25, -0.2) is 13.2 Å². The van der Waals surface area contributed by atoms with Crippen molar-refractivity contribution in [1.29, 1.82) is 0 Å². The first-order valence-electron chi connectivity index (χ1n) is 8.04. The van der Waals surface area contributed by atoms with Gasteiger partial charge < -0.3 is 8.85 Å². The molecule has 2 nitrogen and oxygen atoms in total. The van der Waals surface area contributed by atoms with Gasteiger partial charge in [-0.2, -0.15) is 0 Å². The van der Waals surface area contributed by atoms with E-state index >= 15 is 0 Å². The van der Waals surface area contributed by atoms with E-state index in [1.807, 2.05) is 13.8 Å². The van der Waals surface area contributed by atoms with E-state index in [4.69, 9.17) is 8.85 Å². The molecule has 2 aromatic rings. The zero-order valence-corrected chi connectivity index (χ0v) is 15.0. The molecule has 0 unspecified atom stereocenters. The summed E-state index contributed by atoms with van der Waals surface area (Å²) in [5, 5.41) is 0.934. The average Bonchev–Trinajstić information content (AvgIpc) is 2.59. The van der Waals surface area contributed by atoms with Crippen LogP contribution in [0.4, 0.5) is 13.2 Å². The molecular weight excluding hydrogens is 333 g/mol. The van der Waals surface area contributed by atoms with Crippen molar-refractivity contribution in [2.45, 2.75) is 26.7 Å². The van der Waals surface area contributed by atoms with Crippen molar-refractivity contribution in [1.82, 2.24) is 0 Å². The van der Waals surface area contributed by atoms with Crippen molar-refractivity contribution in [2.75, 3.05) is 13.2 Å². The van der Waals surface area contributed by atoms with Gasteiger partial charge in [-0.1, -0.05) is 38.1 Å². The maximum Gasteiger partial charge on any atom is 0.355 e. The summed E-state index contributed by atoms with van der Waals surface area (Å²) >= 11 is 0. The highest BCUT2D eigenvalue weighted by atomic mass is 28.3. The Kier molecular flexibility index (Phi) is 7.02. The second kappa shape index (κ2) is 9.01. The topological polar surface area (TPSA) is 18.5 Å². The Labute approximate surface area is 142 Å². The third-order valence-electron chi connectivity index (χ3n) is 3.45. The summed E-state index contributed by atoms with van der Waals surface area (Å²) in [7, 11) is -2.00. The monoisotopic (exact) mass is 354 g/mol. The van der Waals surface area contributed by atoms with E-state index in [1.165, 1.54) is 0 Å². The zero-order chi connectivity index (χ0) is 17.5. The zero-order valence-electron chi connectivity index (χ0n) is 13.8. The first-order valence-corrected chi connectivity index (χ1v) is 9.56. The third kappa shape index (κ3) is 4.69. The van der Waals surface area contributed by atoms with E-state index in [0.717, 1.165) is 24.1 Å². The van der Waals surface area contributed by atoms with Crippen LogP contribution in [0.3, 0.4) is 0 Å². The van der Waals surface area contributed by atoms with Crippen molar-refractivity contribution in [2.24, 2.45) is 0 Å². The summed E-state index contributed by atoms with van der Waals surface area (Å²) in [6.07, 6.45) is 1.80. The molecule has 0 N–H and O–H groups in total. The van der Waals surface area contributed by atoms with Crippen LogP contribution in [0.1, 0.15) is 26.7 Å². The molecule has 0 aliphatic rings. The average molecular weight is 354 g/mol. The number of hydrogen-bond acceptors (Lipinski definition) is 2. The minimum atomic E-state index is -2.00. The molecular formula is C18H21F3O2Si. The van der Waals surface area contributed by atoms with Gasteiger partial charge in [0, 0.05) is 24.8 Å². The third-order valence-corrected chi connectivity index (χ3v) is 5.46. The highest BCUT2D eigenvalue weighted by Crippen LogP contribution is 2.24. The largest absolute Gasteiger partial charge is 0.393 e. The van der Waals surface area contributed by atoms with E-state index in [1.54, 1.807) is 24.3 Å². The maximum absolute atomic E-state index is 13.9. The second-order valence-electron chi connectivity index (χ2n) is 5.44. The maximum atomic E-state index is 13.9. The summed E-state index contributed by atoms with van der Waals surface area (Å²) < 4.78 is 51.9. The van der Waals surface area contributed by atoms with Crippen LogP contribution < -0.4 is 5.19 Å². The number of hydrogen-bond donors (Lipinski definition) is 0. The summed E-state index contributed by atoms with van der Waals surface area (Å²) in [5.74, 6) is -3.05. The van der Waals surface area contributed by atoms with E-state index in [0.29, 0.717) is 24.8 Å². The highest BCUT2D eigenvalue weighted by molar-refractivity contribution is 6.61. The van der Waals surface area contributed by atoms with Crippen LogP contribution in [0.15, 0.2) is 36.4 Å². The normalized spacial score (nSPS) is 11.2. The molecule has 0 aromatic heterocycles. The predicted octanol–water partition coefficient (Wildman–Crippen LogP) is 4.05. The minimum Gasteiger partial charge on any atom is -0.393 e. The van der Waals surface area contributed by atoms with Gasteiger partial charge in [0.15, 0.2) is 11.6 Å². The lowest BCUT2D eigenvalue weighted by atomic mass is 10.1. The molecule has 0 radical (unpaired) electrons. The molecule has 24 heavy (non-hydrogen) atoms. The summed E-state index contributed by atoms with van der Waals surface area (Å²) in [6, 6.07) is 8.39. The Morgan fingerprint density at radius 1 is 0.792 bits per heavy atom. The van der Waals surface area contributed by atoms with E-state index in [2.05, 4.69) is 0 Å². The number of halogens is 3. The van der Waals surface area contributed by atoms with Crippen LogP contribution in [0.25, 0.3) is 11.1 Å². The fourth-order valence-corrected chi connectivity index (χ4v) is 4.14. The Morgan fingerprint density at radius 3 is 1.88 bits per heavy atom. The first kappa shape index (κ1) is 18.7. The fraction of sp³-hybridized carbons (Fsp3) is 0.333. The van der Waals surface area contributed by atoms with Gasteiger partial charge in [0.05, 0.1) is 0 Å². The molecule has 2 aromatic carbocycles. The quantitative estimate of drug-likeness (QED) is 0.526. The van der Waals surface area contributed by atoms with Crippen LogP contribution in [0.2, 0.25) is 0 Å². The smallest absolute Gasteiger partial charge is 0.355 e. The van der Waals surface area contributed by atoms with Crippen molar-refractivity contribution in [3.63, 3.8) is 0 Å². The number of rotatable bonds is 8. The van der Waals surface area contributed by atoms with E-state index in [9.17, 15) is 13.2 Å². The van der Waals surface area contributed by atoms with E-state index < -0.39 is 26.7 Å². The molecule has 0 amide bonds. The van der Waals surface area contributed by atoms with Gasteiger partial charge in [0.2, 0.25) is 0 Å². The highest BCUT2D eigenvalue weighted by Gasteiger charge is 2.17. The molecule has 0 fully saturated rings. The Hall–Kier alpha value is -1.63. The Morgan fingerprint density at radius 2 is 1.33 bits per heavy atom. The van der Waals surface area contributed by atoms with E-state index in [-0.39, 0.29) is 5.56 Å². The van der Waals surface area contributed by atoms with Crippen molar-refractivity contribution in [3.8, 4) is 11.1 Å². The predicted molar refractivity (Wildman–Crippen MR) is 91.0 cm³/mol. The molecule has 0 atom stereocenters. The molecule has 0 bridgehead atoms. The van der Waals surface area contributed by atoms with Crippen LogP contribution >= 0.6 is 0 Å². The minimum absolute atomic E-state index is 0.0302. The molecule has 2 rings (SSSR count). The van der Waals surface area contributed by atoms with Gasteiger partial charge in [-0.05, 0) is 29.7 Å². The lowest BCUT2D eigenvalue weighted by Gasteiger charge is -2.17. The van der Waals surface area contributed by atoms with Gasteiger partial charge >= 0.3 is 9.28 Å². The molecule has 0 spiro atoms. The second-order valence-corrected chi connectivity index (χ2v) is 7.44. The molecule has 130 valence electrons. The number of benzene rings is 2. The van der Waals surface area contributed by atoms with Crippen LogP contribution in [-0.4, -0.2) is 22.5 Å². The molecule has 0 saturated carbocycles. The lowest BCUT2D eigenvalue weighted by Crippen LogP contribution is -2.37. The lowest BCUT2D eigenvalue weighted by molar-refractivity contribution is 0.207. The van der Waals surface area contributed by atoms with Gasteiger partial charge in [0.25, 0.3) is 0 Å². The molecule has 0 saturated heterocycles. The summed E-state index contributed by atoms with van der Waals surface area (Å²) in [4.78, 5) is 0.